The monoisotopic (exact) mass is 304 g/mol. The van der Waals surface area contributed by atoms with Crippen LogP contribution >= 0.6 is 27.3 Å². The van der Waals surface area contributed by atoms with Gasteiger partial charge in [0.2, 0.25) is 0 Å². The molecule has 0 amide bonds. The second-order valence-corrected chi connectivity index (χ2v) is 5.98. The second-order valence-electron chi connectivity index (χ2n) is 3.86. The third-order valence-corrected chi connectivity index (χ3v) is 4.10. The van der Waals surface area contributed by atoms with Crippen molar-refractivity contribution in [3.05, 3.63) is 20.3 Å². The van der Waals surface area contributed by atoms with Gasteiger partial charge in [-0.2, -0.15) is 0 Å². The Morgan fingerprint density at radius 1 is 1.50 bits per heavy atom. The summed E-state index contributed by atoms with van der Waals surface area (Å²) >= 11 is 4.77. The molecular weight excluding hydrogens is 292 g/mol. The van der Waals surface area contributed by atoms with Gasteiger partial charge in [-0.1, -0.05) is 6.92 Å². The van der Waals surface area contributed by atoms with Gasteiger partial charge in [0.05, 0.1) is 4.88 Å². The molecule has 3 nitrogen and oxygen atoms in total. The van der Waals surface area contributed by atoms with Gasteiger partial charge in [0.1, 0.15) is 0 Å². The summed E-state index contributed by atoms with van der Waals surface area (Å²) in [6, 6.07) is 1.90. The SMILES string of the molecule is Cc1cc(Br)c(C(=O)CC(C)CC(=O)O)s1. The number of rotatable bonds is 5. The van der Waals surface area contributed by atoms with Crippen molar-refractivity contribution in [2.24, 2.45) is 5.92 Å². The number of ketones is 1. The van der Waals surface area contributed by atoms with Crippen molar-refractivity contribution in [2.75, 3.05) is 0 Å². The Morgan fingerprint density at radius 3 is 2.56 bits per heavy atom. The molecule has 1 aromatic rings. The van der Waals surface area contributed by atoms with Gasteiger partial charge in [0.25, 0.3) is 0 Å². The van der Waals surface area contributed by atoms with E-state index < -0.39 is 5.97 Å². The molecule has 0 aliphatic heterocycles. The number of carbonyl (C=O) groups is 2. The maximum Gasteiger partial charge on any atom is 0.303 e. The molecule has 1 heterocycles. The molecule has 0 fully saturated rings. The Labute approximate surface area is 107 Å². The standard InChI is InChI=1S/C11H13BrO3S/c1-6(4-10(14)15)3-9(13)11-8(12)5-7(2)16-11/h5-6H,3-4H2,1-2H3,(H,14,15). The fourth-order valence-corrected chi connectivity index (χ4v) is 3.26. The Kier molecular flexibility index (Phi) is 4.68. The highest BCUT2D eigenvalue weighted by atomic mass is 79.9. The zero-order valence-electron chi connectivity index (χ0n) is 9.12. The van der Waals surface area contributed by atoms with Gasteiger partial charge >= 0.3 is 5.97 Å². The molecule has 1 atom stereocenters. The quantitative estimate of drug-likeness (QED) is 0.847. The van der Waals surface area contributed by atoms with Gasteiger partial charge in [-0.3, -0.25) is 9.59 Å². The molecule has 1 rings (SSSR count). The van der Waals surface area contributed by atoms with Crippen LogP contribution in [0.2, 0.25) is 0 Å². The highest BCUT2D eigenvalue weighted by molar-refractivity contribution is 9.10. The topological polar surface area (TPSA) is 54.4 Å². The number of carboxylic acid groups (broad SMARTS) is 1. The lowest BCUT2D eigenvalue weighted by Gasteiger charge is -2.06. The third-order valence-electron chi connectivity index (χ3n) is 2.12. The van der Waals surface area contributed by atoms with Crippen LogP contribution in [0.4, 0.5) is 0 Å². The van der Waals surface area contributed by atoms with Crippen molar-refractivity contribution in [2.45, 2.75) is 26.7 Å². The number of carboxylic acids is 1. The van der Waals surface area contributed by atoms with Crippen LogP contribution in [-0.2, 0) is 4.79 Å². The van der Waals surface area contributed by atoms with Crippen LogP contribution in [0, 0.1) is 12.8 Å². The van der Waals surface area contributed by atoms with E-state index in [0.717, 1.165) is 9.35 Å². The van der Waals surface area contributed by atoms with Gasteiger partial charge in [0, 0.05) is 22.2 Å². The Hall–Kier alpha value is -0.680. The van der Waals surface area contributed by atoms with Gasteiger partial charge < -0.3 is 5.11 Å². The molecule has 5 heteroatoms. The summed E-state index contributed by atoms with van der Waals surface area (Å²) in [5.74, 6) is -0.972. The molecule has 1 unspecified atom stereocenters. The first-order valence-corrected chi connectivity index (χ1v) is 6.52. The smallest absolute Gasteiger partial charge is 0.303 e. The molecule has 1 N–H and O–H groups in total. The van der Waals surface area contributed by atoms with Crippen molar-refractivity contribution in [1.29, 1.82) is 0 Å². The molecule has 0 bridgehead atoms. The van der Waals surface area contributed by atoms with E-state index in [0.29, 0.717) is 4.88 Å². The summed E-state index contributed by atoms with van der Waals surface area (Å²) in [6.07, 6.45) is 0.318. The van der Waals surface area contributed by atoms with Crippen LogP contribution < -0.4 is 0 Å². The van der Waals surface area contributed by atoms with Crippen molar-refractivity contribution in [3.8, 4) is 0 Å². The van der Waals surface area contributed by atoms with Crippen LogP contribution in [0.1, 0.15) is 34.3 Å². The number of hydrogen-bond donors (Lipinski definition) is 1. The highest BCUT2D eigenvalue weighted by Gasteiger charge is 2.17. The Bertz CT molecular complexity index is 411. The summed E-state index contributed by atoms with van der Waals surface area (Å²) in [7, 11) is 0. The van der Waals surface area contributed by atoms with E-state index in [1.807, 2.05) is 13.0 Å². The molecule has 1 aromatic heterocycles. The molecule has 16 heavy (non-hydrogen) atoms. The van der Waals surface area contributed by atoms with Crippen molar-refractivity contribution in [1.82, 2.24) is 0 Å². The Morgan fingerprint density at radius 2 is 2.12 bits per heavy atom. The number of halogens is 1. The lowest BCUT2D eigenvalue weighted by atomic mass is 10.0. The average molecular weight is 305 g/mol. The molecule has 0 aliphatic rings. The molecule has 0 spiro atoms. The molecule has 0 aliphatic carbocycles. The predicted octanol–water partition coefficient (Wildman–Crippen LogP) is 3.50. The van der Waals surface area contributed by atoms with Crippen LogP contribution in [0.5, 0.6) is 0 Å². The second kappa shape index (κ2) is 5.59. The fraction of sp³-hybridized carbons (Fsp3) is 0.455. The van der Waals surface area contributed by atoms with E-state index in [4.69, 9.17) is 5.11 Å². The number of aryl methyl sites for hydroxylation is 1. The highest BCUT2D eigenvalue weighted by Crippen LogP contribution is 2.29. The molecule has 0 aromatic carbocycles. The number of Topliss-reactive ketones (excluding diaryl/α,β-unsaturated/α-hetero) is 1. The molecule has 0 saturated heterocycles. The van der Waals surface area contributed by atoms with E-state index in [2.05, 4.69) is 15.9 Å². The van der Waals surface area contributed by atoms with Gasteiger partial charge in [-0.15, -0.1) is 11.3 Å². The van der Waals surface area contributed by atoms with Crippen LogP contribution in [0.15, 0.2) is 10.5 Å². The third kappa shape index (κ3) is 3.72. The summed E-state index contributed by atoms with van der Waals surface area (Å²) in [4.78, 5) is 24.1. The Balaban J connectivity index is 2.65. The minimum atomic E-state index is -0.860. The fourth-order valence-electron chi connectivity index (χ4n) is 1.45. The molecule has 0 radical (unpaired) electrons. The van der Waals surface area contributed by atoms with Crippen LogP contribution in [0.3, 0.4) is 0 Å². The summed E-state index contributed by atoms with van der Waals surface area (Å²) in [5.41, 5.74) is 0. The first-order valence-electron chi connectivity index (χ1n) is 4.91. The van der Waals surface area contributed by atoms with Crippen molar-refractivity contribution < 1.29 is 14.7 Å². The minimum absolute atomic E-state index is 0.0127. The predicted molar refractivity (Wildman–Crippen MR) is 67.1 cm³/mol. The van der Waals surface area contributed by atoms with E-state index in [9.17, 15) is 9.59 Å². The van der Waals surface area contributed by atoms with E-state index in [1.54, 1.807) is 6.92 Å². The zero-order chi connectivity index (χ0) is 12.3. The van der Waals surface area contributed by atoms with E-state index in [1.165, 1.54) is 11.3 Å². The molecular formula is C11H13BrO3S. The minimum Gasteiger partial charge on any atom is -0.481 e. The van der Waals surface area contributed by atoms with Crippen molar-refractivity contribution in [3.63, 3.8) is 0 Å². The largest absolute Gasteiger partial charge is 0.481 e. The van der Waals surface area contributed by atoms with Gasteiger partial charge in [-0.05, 0) is 34.8 Å². The van der Waals surface area contributed by atoms with E-state index in [-0.39, 0.29) is 24.5 Å². The van der Waals surface area contributed by atoms with Gasteiger partial charge in [-0.25, -0.2) is 0 Å². The number of aliphatic carboxylic acids is 1. The molecule has 88 valence electrons. The first kappa shape index (κ1) is 13.4. The normalized spacial score (nSPS) is 12.4. The zero-order valence-corrected chi connectivity index (χ0v) is 11.5. The van der Waals surface area contributed by atoms with Crippen LogP contribution in [-0.4, -0.2) is 16.9 Å². The number of carbonyl (C=O) groups excluding carboxylic acids is 1. The van der Waals surface area contributed by atoms with Gasteiger partial charge in [0.15, 0.2) is 5.78 Å². The summed E-state index contributed by atoms with van der Waals surface area (Å²) in [5, 5.41) is 8.61. The first-order chi connectivity index (χ1) is 7.40. The lowest BCUT2D eigenvalue weighted by Crippen LogP contribution is -2.09. The van der Waals surface area contributed by atoms with Crippen LogP contribution in [0.25, 0.3) is 0 Å². The number of thiophene rings is 1. The average Bonchev–Trinajstić information content (AvgIpc) is 2.43. The molecule has 0 saturated carbocycles. The van der Waals surface area contributed by atoms with E-state index >= 15 is 0 Å². The maximum atomic E-state index is 11.9. The summed E-state index contributed by atoms with van der Waals surface area (Å²) in [6.45, 7) is 3.72. The van der Waals surface area contributed by atoms with Crippen molar-refractivity contribution >= 4 is 39.0 Å². The summed E-state index contributed by atoms with van der Waals surface area (Å²) < 4.78 is 0.808. The lowest BCUT2D eigenvalue weighted by molar-refractivity contribution is -0.137. The maximum absolute atomic E-state index is 11.9. The number of hydrogen-bond acceptors (Lipinski definition) is 3.